The van der Waals surface area contributed by atoms with Crippen LogP contribution in [0.5, 0.6) is 0 Å². The molecular weight excluding hydrogens is 312 g/mol. The van der Waals surface area contributed by atoms with Crippen molar-refractivity contribution < 1.29 is 13.5 Å². The fourth-order valence-electron chi connectivity index (χ4n) is 3.39. The summed E-state index contributed by atoms with van der Waals surface area (Å²) in [5.74, 6) is 0.242. The third-order valence-electron chi connectivity index (χ3n) is 4.64. The molecule has 1 N–H and O–H groups in total. The molecule has 0 saturated carbocycles. The standard InChI is InChI=1S/C14H19ClN2O3S/c1-16-7-11(8-18)6-14(16)9-17(10-14)21(19,20)13-4-2-3-12(15)5-13/h2-5,11,18H,6-10H2,1H3/t11-/m0/s1. The number of halogens is 1. The first-order valence-corrected chi connectivity index (χ1v) is 8.77. The maximum absolute atomic E-state index is 12.6. The molecule has 2 saturated heterocycles. The van der Waals surface area contributed by atoms with E-state index in [1.807, 2.05) is 7.05 Å². The fourth-order valence-corrected chi connectivity index (χ4v) is 5.29. The van der Waals surface area contributed by atoms with Crippen molar-refractivity contribution in [3.8, 4) is 0 Å². The molecule has 1 spiro atoms. The molecule has 2 aliphatic heterocycles. The van der Waals surface area contributed by atoms with Gasteiger partial charge in [-0.15, -0.1) is 0 Å². The topological polar surface area (TPSA) is 60.9 Å². The van der Waals surface area contributed by atoms with Crippen LogP contribution in [0.2, 0.25) is 5.02 Å². The van der Waals surface area contributed by atoms with Gasteiger partial charge in [0.1, 0.15) is 0 Å². The molecule has 0 bridgehead atoms. The normalized spacial score (nSPS) is 26.1. The van der Waals surface area contributed by atoms with Crippen LogP contribution >= 0.6 is 11.6 Å². The maximum Gasteiger partial charge on any atom is 0.243 e. The number of aliphatic hydroxyl groups is 1. The largest absolute Gasteiger partial charge is 0.396 e. The van der Waals surface area contributed by atoms with E-state index in [-0.39, 0.29) is 23.0 Å². The van der Waals surface area contributed by atoms with Crippen LogP contribution in [0.15, 0.2) is 29.2 Å². The molecule has 7 heteroatoms. The van der Waals surface area contributed by atoms with Crippen molar-refractivity contribution in [2.75, 3.05) is 33.3 Å². The van der Waals surface area contributed by atoms with Crippen molar-refractivity contribution in [3.63, 3.8) is 0 Å². The number of rotatable bonds is 3. The highest BCUT2D eigenvalue weighted by Crippen LogP contribution is 2.41. The number of likely N-dealkylation sites (N-methyl/N-ethyl adjacent to an activating group) is 1. The Balaban J connectivity index is 1.77. The van der Waals surface area contributed by atoms with E-state index in [2.05, 4.69) is 4.90 Å². The summed E-state index contributed by atoms with van der Waals surface area (Å²) >= 11 is 5.88. The molecule has 116 valence electrons. The average Bonchev–Trinajstić information content (AvgIpc) is 2.74. The number of benzene rings is 1. The maximum atomic E-state index is 12.6. The van der Waals surface area contributed by atoms with E-state index in [4.69, 9.17) is 11.6 Å². The van der Waals surface area contributed by atoms with Gasteiger partial charge in [-0.05, 0) is 37.6 Å². The van der Waals surface area contributed by atoms with Gasteiger partial charge in [-0.3, -0.25) is 4.90 Å². The lowest BCUT2D eigenvalue weighted by molar-refractivity contribution is 0.0374. The molecule has 1 aromatic carbocycles. The quantitative estimate of drug-likeness (QED) is 0.899. The van der Waals surface area contributed by atoms with Crippen LogP contribution in [-0.4, -0.2) is 61.6 Å². The Morgan fingerprint density at radius 2 is 2.14 bits per heavy atom. The summed E-state index contributed by atoms with van der Waals surface area (Å²) in [6.07, 6.45) is 0.849. The van der Waals surface area contributed by atoms with Crippen LogP contribution in [0.3, 0.4) is 0 Å². The molecule has 2 aliphatic rings. The third-order valence-corrected chi connectivity index (χ3v) is 6.67. The third kappa shape index (κ3) is 2.49. The summed E-state index contributed by atoms with van der Waals surface area (Å²) in [4.78, 5) is 2.42. The van der Waals surface area contributed by atoms with Crippen LogP contribution < -0.4 is 0 Å². The lowest BCUT2D eigenvalue weighted by Gasteiger charge is -2.50. The van der Waals surface area contributed by atoms with Gasteiger partial charge in [0.05, 0.1) is 4.90 Å². The summed E-state index contributed by atoms with van der Waals surface area (Å²) in [7, 11) is -1.48. The van der Waals surface area contributed by atoms with E-state index in [9.17, 15) is 13.5 Å². The number of likely N-dealkylation sites (tertiary alicyclic amines) is 1. The van der Waals surface area contributed by atoms with Gasteiger partial charge in [0.2, 0.25) is 10.0 Å². The molecule has 3 rings (SSSR count). The molecule has 0 aromatic heterocycles. The van der Waals surface area contributed by atoms with E-state index in [1.165, 1.54) is 10.4 Å². The molecule has 21 heavy (non-hydrogen) atoms. The lowest BCUT2D eigenvalue weighted by atomic mass is 9.87. The molecule has 2 heterocycles. The van der Waals surface area contributed by atoms with Gasteiger partial charge in [-0.2, -0.15) is 4.31 Å². The van der Waals surface area contributed by atoms with E-state index >= 15 is 0 Å². The zero-order valence-corrected chi connectivity index (χ0v) is 13.4. The highest BCUT2D eigenvalue weighted by molar-refractivity contribution is 7.89. The van der Waals surface area contributed by atoms with Crippen molar-refractivity contribution >= 4 is 21.6 Å². The minimum absolute atomic E-state index is 0.112. The Morgan fingerprint density at radius 1 is 1.43 bits per heavy atom. The van der Waals surface area contributed by atoms with Gasteiger partial charge >= 0.3 is 0 Å². The number of hydrogen-bond donors (Lipinski definition) is 1. The van der Waals surface area contributed by atoms with Crippen LogP contribution in [0.1, 0.15) is 6.42 Å². The van der Waals surface area contributed by atoms with Gasteiger partial charge in [-0.1, -0.05) is 17.7 Å². The average molecular weight is 331 g/mol. The number of aliphatic hydroxyl groups excluding tert-OH is 1. The van der Waals surface area contributed by atoms with Crippen molar-refractivity contribution in [3.05, 3.63) is 29.3 Å². The van der Waals surface area contributed by atoms with E-state index < -0.39 is 10.0 Å². The zero-order chi connectivity index (χ0) is 15.3. The molecular formula is C14H19ClN2O3S. The second-order valence-electron chi connectivity index (χ2n) is 6.09. The molecule has 1 atom stereocenters. The summed E-state index contributed by atoms with van der Waals surface area (Å²) in [6.45, 7) is 1.94. The predicted molar refractivity (Wildman–Crippen MR) is 80.8 cm³/mol. The molecule has 5 nitrogen and oxygen atoms in total. The van der Waals surface area contributed by atoms with Gasteiger partial charge < -0.3 is 5.11 Å². The predicted octanol–water partition coefficient (Wildman–Crippen LogP) is 1.03. The first kappa shape index (κ1) is 15.2. The van der Waals surface area contributed by atoms with Crippen molar-refractivity contribution in [2.24, 2.45) is 5.92 Å². The second kappa shape index (κ2) is 5.21. The smallest absolute Gasteiger partial charge is 0.243 e. The summed E-state index contributed by atoms with van der Waals surface area (Å²) in [6, 6.07) is 6.36. The minimum Gasteiger partial charge on any atom is -0.396 e. The van der Waals surface area contributed by atoms with Crippen LogP contribution in [0, 0.1) is 5.92 Å². The fraction of sp³-hybridized carbons (Fsp3) is 0.571. The summed E-state index contributed by atoms with van der Waals surface area (Å²) in [5.41, 5.74) is -0.112. The highest BCUT2D eigenvalue weighted by Gasteiger charge is 2.54. The number of sulfonamides is 1. The first-order chi connectivity index (χ1) is 9.87. The van der Waals surface area contributed by atoms with Crippen LogP contribution in [0.4, 0.5) is 0 Å². The molecule has 0 amide bonds. The van der Waals surface area contributed by atoms with Crippen molar-refractivity contribution in [2.45, 2.75) is 16.9 Å². The second-order valence-corrected chi connectivity index (χ2v) is 8.46. The van der Waals surface area contributed by atoms with Crippen molar-refractivity contribution in [1.29, 1.82) is 0 Å². The van der Waals surface area contributed by atoms with Gasteiger partial charge in [0, 0.05) is 36.8 Å². The van der Waals surface area contributed by atoms with Gasteiger partial charge in [0.15, 0.2) is 0 Å². The van der Waals surface area contributed by atoms with Gasteiger partial charge in [0.25, 0.3) is 0 Å². The summed E-state index contributed by atoms with van der Waals surface area (Å²) in [5, 5.41) is 9.72. The lowest BCUT2D eigenvalue weighted by Crippen LogP contribution is -2.67. The Bertz CT molecular complexity index is 643. The molecule has 0 aliphatic carbocycles. The molecule has 2 fully saturated rings. The van der Waals surface area contributed by atoms with Crippen LogP contribution in [-0.2, 0) is 10.0 Å². The first-order valence-electron chi connectivity index (χ1n) is 6.95. The Kier molecular flexibility index (Phi) is 3.78. The molecule has 0 unspecified atom stereocenters. The zero-order valence-electron chi connectivity index (χ0n) is 11.9. The monoisotopic (exact) mass is 330 g/mol. The Labute approximate surface area is 130 Å². The summed E-state index contributed by atoms with van der Waals surface area (Å²) < 4.78 is 26.6. The SMILES string of the molecule is CN1C[C@@H](CO)CC12CN(S(=O)(=O)c1cccc(Cl)c1)C2. The van der Waals surface area contributed by atoms with Crippen LogP contribution in [0.25, 0.3) is 0 Å². The number of nitrogens with zero attached hydrogens (tertiary/aromatic N) is 2. The van der Waals surface area contributed by atoms with Crippen molar-refractivity contribution in [1.82, 2.24) is 9.21 Å². The minimum atomic E-state index is -3.48. The van der Waals surface area contributed by atoms with Gasteiger partial charge in [-0.25, -0.2) is 8.42 Å². The highest BCUT2D eigenvalue weighted by atomic mass is 35.5. The number of hydrogen-bond acceptors (Lipinski definition) is 4. The van der Waals surface area contributed by atoms with E-state index in [0.29, 0.717) is 18.1 Å². The molecule has 0 radical (unpaired) electrons. The van der Waals surface area contributed by atoms with E-state index in [0.717, 1.165) is 13.0 Å². The Morgan fingerprint density at radius 3 is 2.71 bits per heavy atom. The molecule has 1 aromatic rings. The Hall–Kier alpha value is -0.660. The van der Waals surface area contributed by atoms with E-state index in [1.54, 1.807) is 18.2 Å².